The summed E-state index contributed by atoms with van der Waals surface area (Å²) in [6.07, 6.45) is 0. The second kappa shape index (κ2) is 9.48. The number of nitrogens with one attached hydrogen (secondary N) is 1. The molecule has 0 aromatic heterocycles. The van der Waals surface area contributed by atoms with Gasteiger partial charge in [-0.15, -0.1) is 0 Å². The second-order valence-electron chi connectivity index (χ2n) is 4.28. The molecule has 0 spiro atoms. The number of guanidine groups is 1. The Morgan fingerprint density at radius 1 is 0.750 bits per heavy atom. The zero-order chi connectivity index (χ0) is 18.1. The number of aromatic carboxylic acids is 2. The van der Waals surface area contributed by atoms with Gasteiger partial charge in [0.05, 0.1) is 11.1 Å². The van der Waals surface area contributed by atoms with Crippen LogP contribution >= 0.6 is 21.6 Å². The fourth-order valence-electron chi connectivity index (χ4n) is 1.40. The molecule has 2 rings (SSSR count). The smallest absolute Gasteiger partial charge is 0.335 e. The van der Waals surface area contributed by atoms with Crippen molar-refractivity contribution in [1.82, 2.24) is 0 Å². The number of hydrogen-bond donors (Lipinski definition) is 5. The lowest BCUT2D eigenvalue weighted by molar-refractivity contribution is 0.0686. The number of rotatable bonds is 5. The first-order valence-electron chi connectivity index (χ1n) is 6.40. The number of carboxylic acid groups (broad SMARTS) is 2. The van der Waals surface area contributed by atoms with E-state index >= 15 is 0 Å². The van der Waals surface area contributed by atoms with Gasteiger partial charge in [0.15, 0.2) is 5.96 Å². The normalized spacial score (nSPS) is 9.50. The molecule has 126 valence electrons. The minimum atomic E-state index is -0.946. The summed E-state index contributed by atoms with van der Waals surface area (Å²) in [5, 5.41) is 23.6. The molecule has 7 N–H and O–H groups in total. The molecule has 0 aliphatic rings. The van der Waals surface area contributed by atoms with E-state index in [1.165, 1.54) is 21.6 Å². The maximum Gasteiger partial charge on any atom is 0.335 e. The topological polar surface area (TPSA) is 150 Å². The van der Waals surface area contributed by atoms with Crippen LogP contribution in [0.25, 0.3) is 0 Å². The summed E-state index contributed by atoms with van der Waals surface area (Å²) in [6.45, 7) is 0. The predicted molar refractivity (Wildman–Crippen MR) is 94.6 cm³/mol. The van der Waals surface area contributed by atoms with Crippen LogP contribution in [0.4, 0.5) is 0 Å². The molecule has 2 aromatic carbocycles. The molecule has 0 radical (unpaired) electrons. The number of carbonyl (C=O) groups is 2. The van der Waals surface area contributed by atoms with Crippen LogP contribution in [-0.4, -0.2) is 28.1 Å². The quantitative estimate of drug-likeness (QED) is 0.308. The molecule has 0 amide bonds. The van der Waals surface area contributed by atoms with E-state index in [1.807, 2.05) is 0 Å². The van der Waals surface area contributed by atoms with Crippen molar-refractivity contribution in [3.63, 3.8) is 0 Å². The lowest BCUT2D eigenvalue weighted by atomic mass is 10.2. The zero-order valence-corrected chi connectivity index (χ0v) is 13.9. The van der Waals surface area contributed by atoms with Crippen molar-refractivity contribution in [2.24, 2.45) is 11.5 Å². The molecule has 2 aromatic rings. The van der Waals surface area contributed by atoms with Gasteiger partial charge in [-0.1, -0.05) is 21.6 Å². The van der Waals surface area contributed by atoms with E-state index in [0.717, 1.165) is 9.79 Å². The maximum atomic E-state index is 10.7. The van der Waals surface area contributed by atoms with Gasteiger partial charge in [0.25, 0.3) is 0 Å². The second-order valence-corrected chi connectivity index (χ2v) is 6.56. The van der Waals surface area contributed by atoms with Gasteiger partial charge in [-0.05, 0) is 48.5 Å². The molecular weight excluding hydrogens is 350 g/mol. The molecule has 9 heteroatoms. The predicted octanol–water partition coefficient (Wildman–Crippen LogP) is 2.72. The lowest BCUT2D eigenvalue weighted by Gasteiger charge is -2.02. The summed E-state index contributed by atoms with van der Waals surface area (Å²) >= 11 is 0. The van der Waals surface area contributed by atoms with Crippen LogP contribution in [0, 0.1) is 5.41 Å². The third-order valence-corrected chi connectivity index (χ3v) is 4.85. The minimum Gasteiger partial charge on any atom is -0.478 e. The molecule has 0 fully saturated rings. The van der Waals surface area contributed by atoms with Crippen molar-refractivity contribution in [3.8, 4) is 0 Å². The van der Waals surface area contributed by atoms with Gasteiger partial charge in [-0.3, -0.25) is 5.41 Å². The Morgan fingerprint density at radius 3 is 1.21 bits per heavy atom. The SMILES string of the molecule is N=C(N)N.O=C(O)c1ccc(SSc2ccc(C(=O)O)cc2)cc1. The fraction of sp³-hybridized carbons (Fsp3) is 0. The molecule has 0 saturated carbocycles. The number of carboxylic acids is 2. The van der Waals surface area contributed by atoms with Crippen LogP contribution in [0.15, 0.2) is 58.3 Å². The Balaban J connectivity index is 0.000000648. The van der Waals surface area contributed by atoms with Crippen LogP contribution in [0.3, 0.4) is 0 Å². The van der Waals surface area contributed by atoms with Crippen LogP contribution in [-0.2, 0) is 0 Å². The largest absolute Gasteiger partial charge is 0.478 e. The summed E-state index contributed by atoms with van der Waals surface area (Å²) in [6, 6.07) is 13.2. The van der Waals surface area contributed by atoms with E-state index < -0.39 is 11.9 Å². The molecular formula is C15H15N3O4S2. The Bertz CT molecular complexity index is 657. The van der Waals surface area contributed by atoms with Gasteiger partial charge in [-0.25, -0.2) is 9.59 Å². The third kappa shape index (κ3) is 7.07. The summed E-state index contributed by atoms with van der Waals surface area (Å²) in [5.41, 5.74) is 9.45. The van der Waals surface area contributed by atoms with E-state index in [0.29, 0.717) is 0 Å². The minimum absolute atomic E-state index is 0.255. The van der Waals surface area contributed by atoms with Crippen LogP contribution in [0.2, 0.25) is 0 Å². The van der Waals surface area contributed by atoms with Gasteiger partial charge in [0, 0.05) is 9.79 Å². The van der Waals surface area contributed by atoms with Crippen molar-refractivity contribution in [2.45, 2.75) is 9.79 Å². The summed E-state index contributed by atoms with van der Waals surface area (Å²) in [7, 11) is 2.97. The monoisotopic (exact) mass is 365 g/mol. The van der Waals surface area contributed by atoms with Gasteiger partial charge in [0.2, 0.25) is 0 Å². The number of hydrogen-bond acceptors (Lipinski definition) is 5. The molecule has 0 unspecified atom stereocenters. The first-order valence-corrected chi connectivity index (χ1v) is 8.55. The van der Waals surface area contributed by atoms with E-state index in [2.05, 4.69) is 11.5 Å². The molecule has 0 saturated heterocycles. The fourth-order valence-corrected chi connectivity index (χ4v) is 3.33. The highest BCUT2D eigenvalue weighted by atomic mass is 33.1. The van der Waals surface area contributed by atoms with Gasteiger partial charge < -0.3 is 21.7 Å². The molecule has 0 aliphatic carbocycles. The average Bonchev–Trinajstić information content (AvgIpc) is 2.53. The van der Waals surface area contributed by atoms with Crippen LogP contribution < -0.4 is 11.5 Å². The molecule has 24 heavy (non-hydrogen) atoms. The molecule has 0 bridgehead atoms. The first kappa shape index (κ1) is 19.4. The van der Waals surface area contributed by atoms with Gasteiger partial charge in [0.1, 0.15) is 0 Å². The van der Waals surface area contributed by atoms with E-state index in [1.54, 1.807) is 48.5 Å². The van der Waals surface area contributed by atoms with Crippen molar-refractivity contribution < 1.29 is 19.8 Å². The van der Waals surface area contributed by atoms with E-state index in [-0.39, 0.29) is 17.1 Å². The highest BCUT2D eigenvalue weighted by Crippen LogP contribution is 2.37. The summed E-state index contributed by atoms with van der Waals surface area (Å²) in [4.78, 5) is 23.3. The van der Waals surface area contributed by atoms with E-state index in [4.69, 9.17) is 15.6 Å². The molecule has 0 heterocycles. The summed E-state index contributed by atoms with van der Waals surface area (Å²) < 4.78 is 0. The standard InChI is InChI=1S/C14H10O4S2.CH5N3/c15-13(16)9-1-5-11(6-2-9)19-20-12-7-3-10(4-8-12)14(17)18;2-1(3)4/h1-8H,(H,15,16)(H,17,18);(H5,2,3,4). The highest BCUT2D eigenvalue weighted by Gasteiger charge is 2.04. The highest BCUT2D eigenvalue weighted by molar-refractivity contribution is 8.76. The maximum absolute atomic E-state index is 10.7. The molecule has 0 atom stereocenters. The first-order chi connectivity index (χ1) is 11.3. The number of nitrogens with two attached hydrogens (primary N) is 2. The average molecular weight is 365 g/mol. The van der Waals surface area contributed by atoms with Crippen molar-refractivity contribution in [3.05, 3.63) is 59.7 Å². The molecule has 7 nitrogen and oxygen atoms in total. The lowest BCUT2D eigenvalue weighted by Crippen LogP contribution is -2.20. The van der Waals surface area contributed by atoms with E-state index in [9.17, 15) is 9.59 Å². The summed E-state index contributed by atoms with van der Waals surface area (Å²) in [5.74, 6) is -2.23. The van der Waals surface area contributed by atoms with Crippen molar-refractivity contribution in [1.29, 1.82) is 5.41 Å². The van der Waals surface area contributed by atoms with Crippen LogP contribution in [0.5, 0.6) is 0 Å². The zero-order valence-electron chi connectivity index (χ0n) is 12.3. The Hall–Kier alpha value is -2.65. The van der Waals surface area contributed by atoms with Gasteiger partial charge >= 0.3 is 11.9 Å². The van der Waals surface area contributed by atoms with Crippen molar-refractivity contribution >= 4 is 39.5 Å². The molecule has 0 aliphatic heterocycles. The van der Waals surface area contributed by atoms with Crippen molar-refractivity contribution in [2.75, 3.05) is 0 Å². The third-order valence-electron chi connectivity index (χ3n) is 2.44. The number of benzene rings is 2. The van der Waals surface area contributed by atoms with Crippen LogP contribution in [0.1, 0.15) is 20.7 Å². The Labute approximate surface area is 146 Å². The van der Waals surface area contributed by atoms with Gasteiger partial charge in [-0.2, -0.15) is 0 Å². The Morgan fingerprint density at radius 2 is 1.00 bits per heavy atom. The Kier molecular flexibility index (Phi) is 7.66.